The Morgan fingerprint density at radius 2 is 1.18 bits per heavy atom. The van der Waals surface area contributed by atoms with E-state index in [9.17, 15) is 0 Å². The van der Waals surface area contributed by atoms with Gasteiger partial charge in [-0.2, -0.15) is 0 Å². The fraction of sp³-hybridized carbons (Fsp3) is 1.00. The Hall–Kier alpha value is -0.0800. The maximum atomic E-state index is 2.85. The van der Waals surface area contributed by atoms with E-state index >= 15 is 0 Å². The first-order chi connectivity index (χ1) is 10.2. The lowest BCUT2D eigenvalue weighted by atomic mass is 9.75. The van der Waals surface area contributed by atoms with Crippen LogP contribution in [0.2, 0.25) is 0 Å². The maximum absolute atomic E-state index is 2.85. The predicted molar refractivity (Wildman–Crippen MR) is 95.2 cm³/mol. The van der Waals surface area contributed by atoms with Gasteiger partial charge in [0.2, 0.25) is 0 Å². The van der Waals surface area contributed by atoms with E-state index in [0.717, 1.165) is 24.0 Å². The number of hydrogen-bond acceptors (Lipinski definition) is 2. The highest BCUT2D eigenvalue weighted by Gasteiger charge is 2.46. The smallest absolute Gasteiger partial charge is 0.0130 e. The summed E-state index contributed by atoms with van der Waals surface area (Å²) in [7, 11) is 0. The van der Waals surface area contributed by atoms with Crippen molar-refractivity contribution in [1.82, 2.24) is 9.80 Å². The molecular formula is C20H38N2. The van der Waals surface area contributed by atoms with Crippen molar-refractivity contribution in [3.05, 3.63) is 0 Å². The van der Waals surface area contributed by atoms with Gasteiger partial charge in [0, 0.05) is 23.7 Å². The van der Waals surface area contributed by atoms with Crippen LogP contribution in [0.15, 0.2) is 0 Å². The first kappa shape index (κ1) is 16.8. The Morgan fingerprint density at radius 3 is 1.59 bits per heavy atom. The number of hydrogen-bond donors (Lipinski definition) is 0. The molecule has 22 heavy (non-hydrogen) atoms. The van der Waals surface area contributed by atoms with Gasteiger partial charge in [0.1, 0.15) is 0 Å². The molecule has 3 atom stereocenters. The van der Waals surface area contributed by atoms with Crippen LogP contribution < -0.4 is 0 Å². The lowest BCUT2D eigenvalue weighted by Gasteiger charge is -2.50. The van der Waals surface area contributed by atoms with Crippen LogP contribution in [0.25, 0.3) is 0 Å². The lowest BCUT2D eigenvalue weighted by Crippen LogP contribution is -2.57. The summed E-state index contributed by atoms with van der Waals surface area (Å²) in [5.74, 6) is 0.926. The van der Waals surface area contributed by atoms with Crippen molar-refractivity contribution < 1.29 is 0 Å². The van der Waals surface area contributed by atoms with E-state index in [1.165, 1.54) is 51.6 Å². The highest BCUT2D eigenvalue weighted by molar-refractivity contribution is 5.02. The molecule has 2 bridgehead atoms. The zero-order chi connectivity index (χ0) is 16.1. The second kappa shape index (κ2) is 5.77. The third-order valence-corrected chi connectivity index (χ3v) is 6.75. The van der Waals surface area contributed by atoms with Crippen LogP contribution in [0.5, 0.6) is 0 Å². The number of fused-ring (bicyclic) bond motifs is 2. The standard InChI is InChI=1S/C20H38N2/c1-19(2,3)15-9-11-21(12-10-15)18-13-16-7-8-17(14-18)22(16)20(4,5)6/h15-18H,7-14H2,1-6H3/t16-,17+,18?. The molecule has 1 unspecified atom stereocenters. The Balaban J connectivity index is 1.59. The van der Waals surface area contributed by atoms with Gasteiger partial charge in [-0.1, -0.05) is 20.8 Å². The fourth-order valence-corrected chi connectivity index (χ4v) is 5.67. The van der Waals surface area contributed by atoms with Crippen molar-refractivity contribution >= 4 is 0 Å². The second-order valence-electron chi connectivity index (χ2n) is 10.3. The lowest BCUT2D eigenvalue weighted by molar-refractivity contribution is -0.0119. The first-order valence-electron chi connectivity index (χ1n) is 9.69. The summed E-state index contributed by atoms with van der Waals surface area (Å²) in [5.41, 5.74) is 0.858. The molecule has 0 aromatic heterocycles. The molecule has 0 spiro atoms. The monoisotopic (exact) mass is 306 g/mol. The van der Waals surface area contributed by atoms with Crippen LogP contribution in [-0.4, -0.2) is 46.6 Å². The molecule has 0 N–H and O–H groups in total. The van der Waals surface area contributed by atoms with E-state index in [1.54, 1.807) is 0 Å². The molecule has 0 amide bonds. The maximum Gasteiger partial charge on any atom is 0.0130 e. The minimum absolute atomic E-state index is 0.357. The second-order valence-corrected chi connectivity index (χ2v) is 10.3. The van der Waals surface area contributed by atoms with Crippen LogP contribution in [0, 0.1) is 11.3 Å². The third-order valence-electron chi connectivity index (χ3n) is 6.75. The van der Waals surface area contributed by atoms with Crippen molar-refractivity contribution in [2.24, 2.45) is 11.3 Å². The Labute approximate surface area is 138 Å². The van der Waals surface area contributed by atoms with Gasteiger partial charge in [-0.15, -0.1) is 0 Å². The van der Waals surface area contributed by atoms with Crippen molar-refractivity contribution in [1.29, 1.82) is 0 Å². The number of piperidine rings is 2. The van der Waals surface area contributed by atoms with Gasteiger partial charge >= 0.3 is 0 Å². The highest BCUT2D eigenvalue weighted by Crippen LogP contribution is 2.43. The van der Waals surface area contributed by atoms with Gasteiger partial charge < -0.3 is 4.90 Å². The van der Waals surface area contributed by atoms with Crippen molar-refractivity contribution in [2.45, 2.75) is 104 Å². The van der Waals surface area contributed by atoms with Crippen molar-refractivity contribution in [2.75, 3.05) is 13.1 Å². The van der Waals surface area contributed by atoms with Gasteiger partial charge in [-0.05, 0) is 83.7 Å². The summed E-state index contributed by atoms with van der Waals surface area (Å²) >= 11 is 0. The topological polar surface area (TPSA) is 6.48 Å². The third kappa shape index (κ3) is 3.24. The molecular weight excluding hydrogens is 268 g/mol. The highest BCUT2D eigenvalue weighted by atomic mass is 15.3. The molecule has 0 radical (unpaired) electrons. The van der Waals surface area contributed by atoms with E-state index < -0.39 is 0 Å². The molecule has 0 aromatic carbocycles. The summed E-state index contributed by atoms with van der Waals surface area (Å²) in [4.78, 5) is 5.71. The summed E-state index contributed by atoms with van der Waals surface area (Å²) in [6.45, 7) is 17.2. The Kier molecular flexibility index (Phi) is 4.40. The van der Waals surface area contributed by atoms with Crippen LogP contribution in [0.1, 0.15) is 80.1 Å². The molecule has 3 aliphatic heterocycles. The summed E-state index contributed by atoms with van der Waals surface area (Å²) in [6, 6.07) is 2.57. The zero-order valence-corrected chi connectivity index (χ0v) is 15.9. The van der Waals surface area contributed by atoms with Gasteiger partial charge in [-0.3, -0.25) is 4.90 Å². The molecule has 2 heteroatoms. The summed E-state index contributed by atoms with van der Waals surface area (Å²) in [6.07, 6.45) is 8.56. The number of rotatable bonds is 1. The zero-order valence-electron chi connectivity index (χ0n) is 15.9. The average molecular weight is 307 g/mol. The molecule has 128 valence electrons. The van der Waals surface area contributed by atoms with Crippen molar-refractivity contribution in [3.8, 4) is 0 Å². The van der Waals surface area contributed by atoms with E-state index in [2.05, 4.69) is 51.3 Å². The van der Waals surface area contributed by atoms with Crippen LogP contribution in [0.4, 0.5) is 0 Å². The molecule has 3 rings (SSSR count). The van der Waals surface area contributed by atoms with Gasteiger partial charge in [0.05, 0.1) is 0 Å². The van der Waals surface area contributed by atoms with Crippen molar-refractivity contribution in [3.63, 3.8) is 0 Å². The predicted octanol–water partition coefficient (Wildman–Crippen LogP) is 4.54. The molecule has 0 saturated carbocycles. The quantitative estimate of drug-likeness (QED) is 0.702. The van der Waals surface area contributed by atoms with E-state index in [1.807, 2.05) is 0 Å². The molecule has 3 heterocycles. The largest absolute Gasteiger partial charge is 0.300 e. The van der Waals surface area contributed by atoms with Gasteiger partial charge in [0.15, 0.2) is 0 Å². The normalized spacial score (nSPS) is 36.0. The Bertz CT molecular complexity index is 367. The van der Waals surface area contributed by atoms with E-state index in [-0.39, 0.29) is 0 Å². The molecule has 2 nitrogen and oxygen atoms in total. The molecule has 3 aliphatic rings. The molecule has 0 aromatic rings. The Morgan fingerprint density at radius 1 is 0.682 bits per heavy atom. The first-order valence-corrected chi connectivity index (χ1v) is 9.69. The van der Waals surface area contributed by atoms with Crippen LogP contribution in [-0.2, 0) is 0 Å². The molecule has 0 aliphatic carbocycles. The van der Waals surface area contributed by atoms with Crippen LogP contribution in [0.3, 0.4) is 0 Å². The fourth-order valence-electron chi connectivity index (χ4n) is 5.67. The molecule has 3 fully saturated rings. The average Bonchev–Trinajstić information content (AvgIpc) is 2.70. The minimum atomic E-state index is 0.357. The van der Waals surface area contributed by atoms with E-state index in [0.29, 0.717) is 11.0 Å². The minimum Gasteiger partial charge on any atom is -0.300 e. The summed E-state index contributed by atoms with van der Waals surface area (Å²) in [5, 5.41) is 0. The van der Waals surface area contributed by atoms with Crippen LogP contribution >= 0.6 is 0 Å². The van der Waals surface area contributed by atoms with Gasteiger partial charge in [0.25, 0.3) is 0 Å². The van der Waals surface area contributed by atoms with Gasteiger partial charge in [-0.25, -0.2) is 0 Å². The summed E-state index contributed by atoms with van der Waals surface area (Å²) < 4.78 is 0. The molecule has 3 saturated heterocycles. The number of nitrogens with zero attached hydrogens (tertiary/aromatic N) is 2. The number of likely N-dealkylation sites (tertiary alicyclic amines) is 1. The SMILES string of the molecule is CC(C)(C)C1CCN(C2C[C@H]3CC[C@@H](C2)N3C(C)(C)C)CC1. The van der Waals surface area contributed by atoms with E-state index in [4.69, 9.17) is 0 Å².